The number of halogens is 2. The minimum Gasteiger partial charge on any atom is -0.447 e. The van der Waals surface area contributed by atoms with Crippen LogP contribution in [0.5, 0.6) is 0 Å². The number of cyclic esters (lactones) is 1. The number of amides is 2. The molecule has 0 radical (unpaired) electrons. The summed E-state index contributed by atoms with van der Waals surface area (Å²) >= 11 is 7.34. The largest absolute Gasteiger partial charge is 0.447 e. The number of thioether (sulfide) groups is 1. The minimum absolute atomic E-state index is 0.0336. The van der Waals surface area contributed by atoms with Gasteiger partial charge in [0.1, 0.15) is 12.4 Å². The molecule has 2 aliphatic heterocycles. The molecular formula is C20H26ClFN2O3S. The van der Waals surface area contributed by atoms with Crippen molar-refractivity contribution in [1.29, 1.82) is 0 Å². The van der Waals surface area contributed by atoms with Gasteiger partial charge in [-0.15, -0.1) is 11.8 Å². The molecule has 2 unspecified atom stereocenters. The van der Waals surface area contributed by atoms with E-state index >= 15 is 0 Å². The van der Waals surface area contributed by atoms with Crippen molar-refractivity contribution >= 4 is 35.4 Å². The smallest absolute Gasteiger partial charge is 0.410 e. The van der Waals surface area contributed by atoms with Gasteiger partial charge in [0.05, 0.1) is 16.8 Å². The molecule has 8 heteroatoms. The van der Waals surface area contributed by atoms with Crippen LogP contribution in [0.2, 0.25) is 5.02 Å². The van der Waals surface area contributed by atoms with E-state index in [2.05, 4.69) is 13.8 Å². The Morgan fingerprint density at radius 3 is 2.75 bits per heavy atom. The lowest BCUT2D eigenvalue weighted by molar-refractivity contribution is -0.129. The molecule has 5 nitrogen and oxygen atoms in total. The molecule has 2 saturated heterocycles. The fourth-order valence-electron chi connectivity index (χ4n) is 3.79. The molecule has 0 aromatic heterocycles. The molecule has 0 bridgehead atoms. The minimum atomic E-state index is -0.390. The van der Waals surface area contributed by atoms with Gasteiger partial charge in [-0.1, -0.05) is 31.9 Å². The van der Waals surface area contributed by atoms with Crippen molar-refractivity contribution in [1.82, 2.24) is 9.80 Å². The number of carbonyl (C=O) groups excluding carboxylic acids is 2. The van der Waals surface area contributed by atoms with Crippen LogP contribution in [-0.2, 0) is 9.53 Å². The second-order valence-electron chi connectivity index (χ2n) is 7.41. The maximum absolute atomic E-state index is 13.1. The average Bonchev–Trinajstić information content (AvgIpc) is 3.08. The molecule has 1 aromatic carbocycles. The third-order valence-electron chi connectivity index (χ3n) is 5.70. The molecule has 2 heterocycles. The van der Waals surface area contributed by atoms with Crippen LogP contribution < -0.4 is 0 Å². The molecule has 0 N–H and O–H groups in total. The molecule has 2 atom stereocenters. The van der Waals surface area contributed by atoms with E-state index in [4.69, 9.17) is 16.3 Å². The fraction of sp³-hybridized carbons (Fsp3) is 0.600. The van der Waals surface area contributed by atoms with E-state index in [-0.39, 0.29) is 35.7 Å². The van der Waals surface area contributed by atoms with Gasteiger partial charge in [-0.3, -0.25) is 9.69 Å². The van der Waals surface area contributed by atoms with Crippen LogP contribution in [0.4, 0.5) is 9.18 Å². The van der Waals surface area contributed by atoms with Crippen molar-refractivity contribution in [2.24, 2.45) is 5.92 Å². The summed E-state index contributed by atoms with van der Waals surface area (Å²) in [4.78, 5) is 29.2. The average molecular weight is 429 g/mol. The number of carbonyl (C=O) groups is 2. The van der Waals surface area contributed by atoms with E-state index in [1.54, 1.807) is 6.07 Å². The van der Waals surface area contributed by atoms with Gasteiger partial charge < -0.3 is 9.64 Å². The summed E-state index contributed by atoms with van der Waals surface area (Å²) < 4.78 is 18.4. The topological polar surface area (TPSA) is 49.9 Å². The standard InChI is InChI=1S/C20H26ClFN2O3S/c1-3-13(2)17-11-27-20(26)24(17)15-6-8-23(9-7-15)19(25)12-28-18-5-4-14(22)10-16(18)21/h4-5,10,13,15,17H,3,6-9,11-12H2,1-2H3. The van der Waals surface area contributed by atoms with Crippen LogP contribution in [0.3, 0.4) is 0 Å². The lowest BCUT2D eigenvalue weighted by Crippen LogP contribution is -2.51. The van der Waals surface area contributed by atoms with E-state index < -0.39 is 0 Å². The third-order valence-corrected chi connectivity index (χ3v) is 7.19. The fourth-order valence-corrected chi connectivity index (χ4v) is 4.95. The van der Waals surface area contributed by atoms with Crippen LogP contribution in [0.25, 0.3) is 0 Å². The Morgan fingerprint density at radius 2 is 2.11 bits per heavy atom. The van der Waals surface area contributed by atoms with Crippen LogP contribution in [0.15, 0.2) is 23.1 Å². The first-order valence-electron chi connectivity index (χ1n) is 9.71. The molecule has 0 saturated carbocycles. The predicted molar refractivity (Wildman–Crippen MR) is 108 cm³/mol. The van der Waals surface area contributed by atoms with Gasteiger partial charge in [0.2, 0.25) is 5.91 Å². The number of rotatable bonds is 6. The van der Waals surface area contributed by atoms with Gasteiger partial charge in [0, 0.05) is 24.0 Å². The van der Waals surface area contributed by atoms with E-state index in [0.717, 1.165) is 19.3 Å². The number of hydrogen-bond acceptors (Lipinski definition) is 4. The van der Waals surface area contributed by atoms with Crippen LogP contribution in [-0.4, -0.2) is 59.3 Å². The second-order valence-corrected chi connectivity index (χ2v) is 8.84. The van der Waals surface area contributed by atoms with Gasteiger partial charge in [0.25, 0.3) is 0 Å². The van der Waals surface area contributed by atoms with E-state index in [0.29, 0.717) is 35.5 Å². The van der Waals surface area contributed by atoms with Gasteiger partial charge in [0.15, 0.2) is 0 Å². The summed E-state index contributed by atoms with van der Waals surface area (Å²) in [6.45, 7) is 5.98. The molecule has 2 fully saturated rings. The summed E-state index contributed by atoms with van der Waals surface area (Å²) in [7, 11) is 0. The Balaban J connectivity index is 1.51. The number of benzene rings is 1. The third kappa shape index (κ3) is 4.74. The summed E-state index contributed by atoms with van der Waals surface area (Å²) in [6.07, 6.45) is 2.29. The van der Waals surface area contributed by atoms with Crippen molar-refractivity contribution in [2.75, 3.05) is 25.4 Å². The van der Waals surface area contributed by atoms with Gasteiger partial charge in [-0.25, -0.2) is 9.18 Å². The molecule has 2 amide bonds. The zero-order chi connectivity index (χ0) is 20.3. The number of hydrogen-bond donors (Lipinski definition) is 0. The van der Waals surface area contributed by atoms with E-state index in [9.17, 15) is 14.0 Å². The van der Waals surface area contributed by atoms with Gasteiger partial charge in [-0.05, 0) is 37.0 Å². The summed E-state index contributed by atoms with van der Waals surface area (Å²) in [6, 6.07) is 4.43. The highest BCUT2D eigenvalue weighted by molar-refractivity contribution is 8.00. The lowest BCUT2D eigenvalue weighted by Gasteiger charge is -2.39. The first kappa shape index (κ1) is 21.2. The molecule has 28 heavy (non-hydrogen) atoms. The van der Waals surface area contributed by atoms with Gasteiger partial charge in [-0.2, -0.15) is 0 Å². The molecule has 154 valence electrons. The van der Waals surface area contributed by atoms with Crippen LogP contribution >= 0.6 is 23.4 Å². The van der Waals surface area contributed by atoms with Crippen LogP contribution in [0, 0.1) is 11.7 Å². The number of nitrogens with zero attached hydrogens (tertiary/aromatic N) is 2. The van der Waals surface area contributed by atoms with Crippen molar-refractivity contribution < 1.29 is 18.7 Å². The Hall–Kier alpha value is -1.47. The molecule has 0 aliphatic carbocycles. The quantitative estimate of drug-likeness (QED) is 0.629. The second kappa shape index (κ2) is 9.35. The van der Waals surface area contributed by atoms with Crippen molar-refractivity contribution in [3.05, 3.63) is 29.0 Å². The van der Waals surface area contributed by atoms with Gasteiger partial charge >= 0.3 is 6.09 Å². The summed E-state index contributed by atoms with van der Waals surface area (Å²) in [5.41, 5.74) is 0. The maximum Gasteiger partial charge on any atom is 0.410 e. The summed E-state index contributed by atoms with van der Waals surface area (Å²) in [5.74, 6) is 0.297. The lowest BCUT2D eigenvalue weighted by atomic mass is 9.95. The molecule has 0 spiro atoms. The normalized spacial score (nSPS) is 21.7. The van der Waals surface area contributed by atoms with Crippen molar-refractivity contribution in [2.45, 2.75) is 50.1 Å². The zero-order valence-corrected chi connectivity index (χ0v) is 17.8. The first-order valence-corrected chi connectivity index (χ1v) is 11.1. The first-order chi connectivity index (χ1) is 13.4. The highest BCUT2D eigenvalue weighted by atomic mass is 35.5. The van der Waals surface area contributed by atoms with E-state index in [1.165, 1.54) is 23.9 Å². The Morgan fingerprint density at radius 1 is 1.39 bits per heavy atom. The van der Waals surface area contributed by atoms with Crippen molar-refractivity contribution in [3.63, 3.8) is 0 Å². The van der Waals surface area contributed by atoms with E-state index in [1.807, 2.05) is 9.80 Å². The summed E-state index contributed by atoms with van der Waals surface area (Å²) in [5, 5.41) is 0.320. The number of ether oxygens (including phenoxy) is 1. The molecule has 2 aliphatic rings. The SMILES string of the molecule is CCC(C)C1COC(=O)N1C1CCN(C(=O)CSc2ccc(F)cc2Cl)CC1. The Labute approximate surface area is 174 Å². The monoisotopic (exact) mass is 428 g/mol. The predicted octanol–water partition coefficient (Wildman–Crippen LogP) is 4.43. The van der Waals surface area contributed by atoms with Crippen molar-refractivity contribution in [3.8, 4) is 0 Å². The highest BCUT2D eigenvalue weighted by Crippen LogP contribution is 2.30. The Bertz CT molecular complexity index is 727. The molecule has 1 aromatic rings. The van der Waals surface area contributed by atoms with Crippen LogP contribution in [0.1, 0.15) is 33.1 Å². The Kier molecular flexibility index (Phi) is 7.10. The number of piperidine rings is 1. The maximum atomic E-state index is 13.1. The molecule has 3 rings (SSSR count). The molecular weight excluding hydrogens is 403 g/mol. The highest BCUT2D eigenvalue weighted by Gasteiger charge is 2.41. The zero-order valence-electron chi connectivity index (χ0n) is 16.2. The number of likely N-dealkylation sites (tertiary alicyclic amines) is 1.